The third-order valence-electron chi connectivity index (χ3n) is 4.57. The van der Waals surface area contributed by atoms with Gasteiger partial charge in [-0.3, -0.25) is 9.19 Å². The van der Waals surface area contributed by atoms with Gasteiger partial charge in [0.15, 0.2) is 11.5 Å². The topological polar surface area (TPSA) is 67.8 Å². The van der Waals surface area contributed by atoms with E-state index in [4.69, 9.17) is 0 Å². The fourth-order valence-corrected chi connectivity index (χ4v) is 4.60. The Morgan fingerprint density at radius 2 is 2.11 bits per heavy atom. The number of hydrogen-bond acceptors (Lipinski definition) is 5. The van der Waals surface area contributed by atoms with Crippen molar-refractivity contribution >= 4 is 16.6 Å². The molecule has 146 valence electrons. The first-order valence-corrected chi connectivity index (χ1v) is 10.3. The van der Waals surface area contributed by atoms with Crippen LogP contribution in [0.3, 0.4) is 0 Å². The molecule has 1 saturated carbocycles. The van der Waals surface area contributed by atoms with Crippen molar-refractivity contribution < 1.29 is 17.4 Å². The minimum absolute atomic E-state index is 0.0232. The van der Waals surface area contributed by atoms with Crippen molar-refractivity contribution in [2.45, 2.75) is 50.1 Å². The third-order valence-corrected chi connectivity index (χ3v) is 6.31. The molecule has 1 N–H and O–H groups in total. The average Bonchev–Trinajstić information content (AvgIpc) is 2.67. The highest BCUT2D eigenvalue weighted by Crippen LogP contribution is 2.32. The summed E-state index contributed by atoms with van der Waals surface area (Å²) in [6, 6.07) is 4.11. The van der Waals surface area contributed by atoms with Crippen molar-refractivity contribution in [3.63, 3.8) is 0 Å². The summed E-state index contributed by atoms with van der Waals surface area (Å²) in [5.41, 5.74) is -0.580. The molecule has 0 spiro atoms. The van der Waals surface area contributed by atoms with E-state index >= 15 is 0 Å². The Balaban J connectivity index is 1.87. The predicted octanol–water partition coefficient (Wildman–Crippen LogP) is 4.05. The van der Waals surface area contributed by atoms with Crippen LogP contribution in [-0.4, -0.2) is 36.2 Å². The maximum absolute atomic E-state index is 13.3. The van der Waals surface area contributed by atoms with E-state index in [-0.39, 0.29) is 22.9 Å². The first kappa shape index (κ1) is 19.7. The van der Waals surface area contributed by atoms with Gasteiger partial charge in [0.25, 0.3) is 0 Å². The van der Waals surface area contributed by atoms with Crippen LogP contribution >= 0.6 is 0 Å². The van der Waals surface area contributed by atoms with Gasteiger partial charge >= 0.3 is 6.18 Å². The van der Waals surface area contributed by atoms with Gasteiger partial charge in [0.1, 0.15) is 5.82 Å². The zero-order chi connectivity index (χ0) is 19.4. The van der Waals surface area contributed by atoms with Crippen LogP contribution in [0.4, 0.5) is 19.0 Å². The van der Waals surface area contributed by atoms with Crippen molar-refractivity contribution in [1.29, 1.82) is 0 Å². The number of aromatic nitrogens is 3. The van der Waals surface area contributed by atoms with Crippen LogP contribution < -0.4 is 5.32 Å². The van der Waals surface area contributed by atoms with Gasteiger partial charge in [-0.2, -0.15) is 13.2 Å². The maximum atomic E-state index is 13.3. The minimum atomic E-state index is -4.57. The molecule has 9 heteroatoms. The molecule has 2 heterocycles. The van der Waals surface area contributed by atoms with Crippen LogP contribution in [0, 0.1) is 0 Å². The number of nitrogens with one attached hydrogen (secondary N) is 1. The molecule has 1 aliphatic carbocycles. The Bertz CT molecular complexity index is 801. The Hall–Kier alpha value is -2.03. The Labute approximate surface area is 158 Å². The molecule has 1 fully saturated rings. The number of alkyl halides is 3. The molecule has 3 unspecified atom stereocenters. The van der Waals surface area contributed by atoms with Gasteiger partial charge in [0.2, 0.25) is 0 Å². The van der Waals surface area contributed by atoms with E-state index in [1.807, 2.05) is 6.92 Å². The lowest BCUT2D eigenvalue weighted by Crippen LogP contribution is -2.33. The van der Waals surface area contributed by atoms with Crippen LogP contribution in [-0.2, 0) is 17.0 Å². The molecule has 0 bridgehead atoms. The maximum Gasteiger partial charge on any atom is 0.433 e. The molecule has 5 nitrogen and oxygen atoms in total. The molecule has 0 amide bonds. The van der Waals surface area contributed by atoms with Gasteiger partial charge in [-0.1, -0.05) is 13.3 Å². The number of nitrogens with zero attached hydrogens (tertiary/aromatic N) is 3. The van der Waals surface area contributed by atoms with Crippen molar-refractivity contribution in [3.8, 4) is 11.4 Å². The lowest BCUT2D eigenvalue weighted by molar-refractivity contribution is -0.141. The molecule has 1 aliphatic rings. The number of rotatable bonds is 5. The van der Waals surface area contributed by atoms with Gasteiger partial charge in [0, 0.05) is 51.9 Å². The molecule has 3 atom stereocenters. The van der Waals surface area contributed by atoms with Crippen molar-refractivity contribution in [2.75, 3.05) is 11.1 Å². The van der Waals surface area contributed by atoms with Crippen LogP contribution in [0.5, 0.6) is 0 Å². The first-order chi connectivity index (χ1) is 12.9. The molecule has 3 rings (SSSR count). The summed E-state index contributed by atoms with van der Waals surface area (Å²) in [7, 11) is -0.906. The zero-order valence-electron chi connectivity index (χ0n) is 14.9. The van der Waals surface area contributed by atoms with Crippen LogP contribution in [0.2, 0.25) is 0 Å². The standard InChI is InChI=1S/C18H21F3N4OS/c1-2-27(26)14-7-3-6-13(9-14)23-16-10-15(18(19,20)21)24-17(25-16)12-5-4-8-22-11-12/h4-5,8,10-11,13-14H,2-3,6-7,9H2,1H3,(H,23,24,25). The van der Waals surface area contributed by atoms with E-state index in [2.05, 4.69) is 20.3 Å². The fraction of sp³-hybridized carbons (Fsp3) is 0.500. The summed E-state index contributed by atoms with van der Waals surface area (Å²) in [6.07, 6.45) is 1.64. The highest BCUT2D eigenvalue weighted by atomic mass is 32.2. The molecule has 2 aromatic rings. The van der Waals surface area contributed by atoms with Crippen molar-refractivity contribution in [2.24, 2.45) is 0 Å². The summed E-state index contributed by atoms with van der Waals surface area (Å²) in [5.74, 6) is 0.697. The van der Waals surface area contributed by atoms with Gasteiger partial charge < -0.3 is 5.32 Å². The highest BCUT2D eigenvalue weighted by Gasteiger charge is 2.34. The number of pyridine rings is 1. The average molecular weight is 398 g/mol. The number of anilines is 1. The molecule has 0 saturated heterocycles. The van der Waals surface area contributed by atoms with Crippen LogP contribution in [0.25, 0.3) is 11.4 Å². The van der Waals surface area contributed by atoms with E-state index in [0.29, 0.717) is 17.7 Å². The van der Waals surface area contributed by atoms with Crippen LogP contribution in [0.1, 0.15) is 38.3 Å². The Kier molecular flexibility index (Phi) is 6.08. The molecular formula is C18H21F3N4OS. The van der Waals surface area contributed by atoms with Gasteiger partial charge in [0.05, 0.1) is 0 Å². The molecular weight excluding hydrogens is 377 g/mol. The summed E-state index contributed by atoms with van der Waals surface area (Å²) >= 11 is 0. The summed E-state index contributed by atoms with van der Waals surface area (Å²) in [5, 5.41) is 3.18. The smallest absolute Gasteiger partial charge is 0.367 e. The highest BCUT2D eigenvalue weighted by molar-refractivity contribution is 7.85. The number of hydrogen-bond donors (Lipinski definition) is 1. The zero-order valence-corrected chi connectivity index (χ0v) is 15.7. The van der Waals surface area contributed by atoms with Gasteiger partial charge in [-0.05, 0) is 31.4 Å². The largest absolute Gasteiger partial charge is 0.433 e. The monoisotopic (exact) mass is 398 g/mol. The molecule has 0 aliphatic heterocycles. The van der Waals surface area contributed by atoms with E-state index in [9.17, 15) is 17.4 Å². The molecule has 0 radical (unpaired) electrons. The quantitative estimate of drug-likeness (QED) is 0.823. The minimum Gasteiger partial charge on any atom is -0.367 e. The Morgan fingerprint density at radius 1 is 1.30 bits per heavy atom. The van der Waals surface area contributed by atoms with E-state index in [1.165, 1.54) is 12.4 Å². The third kappa shape index (κ3) is 5.03. The van der Waals surface area contributed by atoms with E-state index in [0.717, 1.165) is 25.3 Å². The summed E-state index contributed by atoms with van der Waals surface area (Å²) in [6.45, 7) is 1.88. The molecule has 2 aromatic heterocycles. The second kappa shape index (κ2) is 8.33. The SMILES string of the molecule is CCS(=O)C1CCCC(Nc2cc(C(F)(F)F)nc(-c3cccnc3)n2)C1. The van der Waals surface area contributed by atoms with Crippen molar-refractivity contribution in [3.05, 3.63) is 36.3 Å². The second-order valence-electron chi connectivity index (χ2n) is 6.50. The van der Waals surface area contributed by atoms with Gasteiger partial charge in [-0.15, -0.1) is 0 Å². The summed E-state index contributed by atoms with van der Waals surface area (Å²) in [4.78, 5) is 11.8. The van der Waals surface area contributed by atoms with Crippen molar-refractivity contribution in [1.82, 2.24) is 15.0 Å². The summed E-state index contributed by atoms with van der Waals surface area (Å²) < 4.78 is 51.9. The van der Waals surface area contributed by atoms with E-state index in [1.54, 1.807) is 12.1 Å². The lowest BCUT2D eigenvalue weighted by atomic mass is 9.95. The lowest BCUT2D eigenvalue weighted by Gasteiger charge is -2.29. The normalized spacial score (nSPS) is 21.6. The second-order valence-corrected chi connectivity index (χ2v) is 8.51. The van der Waals surface area contributed by atoms with Crippen LogP contribution in [0.15, 0.2) is 30.6 Å². The van der Waals surface area contributed by atoms with Gasteiger partial charge in [-0.25, -0.2) is 9.97 Å². The van der Waals surface area contributed by atoms with E-state index < -0.39 is 22.7 Å². The number of halogens is 3. The fourth-order valence-electron chi connectivity index (χ4n) is 3.25. The predicted molar refractivity (Wildman–Crippen MR) is 98.6 cm³/mol. The Morgan fingerprint density at radius 3 is 2.78 bits per heavy atom. The molecule has 27 heavy (non-hydrogen) atoms. The first-order valence-electron chi connectivity index (χ1n) is 8.87. The molecule has 0 aromatic carbocycles.